The Hall–Kier alpha value is -4.56. The summed E-state index contributed by atoms with van der Waals surface area (Å²) >= 11 is 0. The van der Waals surface area contributed by atoms with Crippen molar-refractivity contribution >= 4 is 47.6 Å². The highest BCUT2D eigenvalue weighted by molar-refractivity contribution is 5.79. The molecule has 68 heavy (non-hydrogen) atoms. The molecule has 0 bridgehead atoms. The predicted octanol–water partition coefficient (Wildman–Crippen LogP) is -3.28. The van der Waals surface area contributed by atoms with Gasteiger partial charge in [0.25, 0.3) is 0 Å². The van der Waals surface area contributed by atoms with Gasteiger partial charge in [0.05, 0.1) is 80.8 Å². The molecule has 2 aliphatic rings. The molecule has 4 N–H and O–H groups in total. The zero-order chi connectivity index (χ0) is 50.4. The molecule has 0 aromatic rings. The molecule has 0 radical (unpaired) electrons. The number of nitrogens with zero attached hydrogens (tertiary/aromatic N) is 8. The molecule has 0 aliphatic carbocycles. The number of ether oxygens (including phenoxy) is 4. The SMILES string of the molecule is COC(=O)CN1CCN(CC(=O)O)CCN(CC(=O)NCCCCC(NC(=O)CN2CCN(CC(=O)O)CCN(CC(=O)OC)CCN(CC(=O)OC)CC2)C(C)C)CCN(CC(=O)OC)CC1. The van der Waals surface area contributed by atoms with Crippen LogP contribution in [0.25, 0.3) is 0 Å². The zero-order valence-electron chi connectivity index (χ0n) is 41.3. The molecule has 2 fully saturated rings. The number of carbonyl (C=O) groups is 8. The summed E-state index contributed by atoms with van der Waals surface area (Å²) in [5.41, 5.74) is 0. The Labute approximate surface area is 401 Å². The summed E-state index contributed by atoms with van der Waals surface area (Å²) in [6, 6.07) is -0.151. The second-order valence-corrected chi connectivity index (χ2v) is 17.6. The van der Waals surface area contributed by atoms with Gasteiger partial charge in [-0.05, 0) is 25.2 Å². The van der Waals surface area contributed by atoms with E-state index in [1.165, 1.54) is 28.4 Å². The molecular weight excluding hydrogens is 893 g/mol. The monoisotopic (exact) mass is 973 g/mol. The van der Waals surface area contributed by atoms with Crippen molar-refractivity contribution < 1.29 is 67.5 Å². The van der Waals surface area contributed by atoms with Crippen LogP contribution in [0.15, 0.2) is 0 Å². The Morgan fingerprint density at radius 3 is 0.941 bits per heavy atom. The van der Waals surface area contributed by atoms with Crippen molar-refractivity contribution in [3.63, 3.8) is 0 Å². The van der Waals surface area contributed by atoms with Gasteiger partial charge in [0.1, 0.15) is 0 Å². The molecule has 0 aromatic carbocycles. The second-order valence-electron chi connectivity index (χ2n) is 17.6. The van der Waals surface area contributed by atoms with Gasteiger partial charge in [-0.2, -0.15) is 0 Å². The Bertz CT molecular complexity index is 1580. The minimum atomic E-state index is -0.988. The van der Waals surface area contributed by atoms with Crippen molar-refractivity contribution in [3.05, 3.63) is 0 Å². The summed E-state index contributed by atoms with van der Waals surface area (Å²) in [5.74, 6) is -3.93. The molecule has 24 nitrogen and oxygen atoms in total. The third-order valence-corrected chi connectivity index (χ3v) is 12.0. The number of rotatable bonds is 23. The fourth-order valence-electron chi connectivity index (χ4n) is 7.80. The number of carboxylic acids is 2. The molecule has 0 saturated carbocycles. The molecule has 0 aromatic heterocycles. The molecule has 1 atom stereocenters. The first-order valence-corrected chi connectivity index (χ1v) is 23.5. The lowest BCUT2D eigenvalue weighted by atomic mass is 9.98. The lowest BCUT2D eigenvalue weighted by Crippen LogP contribution is -2.50. The van der Waals surface area contributed by atoms with Gasteiger partial charge in [0.2, 0.25) is 11.8 Å². The Kier molecular flexibility index (Phi) is 29.7. The summed E-state index contributed by atoms with van der Waals surface area (Å²) in [6.45, 7) is 10.6. The zero-order valence-corrected chi connectivity index (χ0v) is 41.3. The van der Waals surface area contributed by atoms with E-state index in [0.29, 0.717) is 124 Å². The number of carboxylic acid groups (broad SMARTS) is 2. The number of hydrogen-bond acceptors (Lipinski definition) is 20. The van der Waals surface area contributed by atoms with Crippen molar-refractivity contribution in [3.8, 4) is 0 Å². The number of carbonyl (C=O) groups excluding carboxylic acids is 6. The molecule has 1 unspecified atom stereocenters. The number of nitrogens with one attached hydrogen (secondary N) is 2. The Morgan fingerprint density at radius 2 is 0.676 bits per heavy atom. The fourth-order valence-corrected chi connectivity index (χ4v) is 7.80. The van der Waals surface area contributed by atoms with Crippen LogP contribution in [-0.4, -0.2) is 295 Å². The van der Waals surface area contributed by atoms with Crippen LogP contribution < -0.4 is 10.6 Å². The number of unbranched alkanes of at least 4 members (excludes halogenated alkanes) is 1. The molecule has 2 saturated heterocycles. The largest absolute Gasteiger partial charge is 0.480 e. The van der Waals surface area contributed by atoms with Crippen molar-refractivity contribution in [1.82, 2.24) is 49.8 Å². The summed E-state index contributed by atoms with van der Waals surface area (Å²) in [5, 5.41) is 25.4. The molecule has 2 aliphatic heterocycles. The van der Waals surface area contributed by atoms with Crippen molar-refractivity contribution in [2.75, 3.05) is 192 Å². The van der Waals surface area contributed by atoms with Crippen LogP contribution in [0.4, 0.5) is 0 Å². The van der Waals surface area contributed by atoms with Gasteiger partial charge >= 0.3 is 35.8 Å². The van der Waals surface area contributed by atoms with Gasteiger partial charge in [-0.3, -0.25) is 77.6 Å². The maximum atomic E-state index is 13.6. The van der Waals surface area contributed by atoms with Crippen LogP contribution in [0.1, 0.15) is 33.1 Å². The number of aliphatic carboxylic acids is 2. The van der Waals surface area contributed by atoms with Crippen molar-refractivity contribution in [2.45, 2.75) is 39.2 Å². The average Bonchev–Trinajstić information content (AvgIpc) is 3.29. The topological polar surface area (TPSA) is 264 Å². The van der Waals surface area contributed by atoms with Crippen LogP contribution in [0.2, 0.25) is 0 Å². The first kappa shape index (κ1) is 59.6. The quantitative estimate of drug-likeness (QED) is 0.0445. The molecule has 2 rings (SSSR count). The maximum Gasteiger partial charge on any atom is 0.319 e. The fraction of sp³-hybridized carbons (Fsp3) is 0.818. The number of hydrogen-bond donors (Lipinski definition) is 4. The first-order chi connectivity index (χ1) is 32.4. The van der Waals surface area contributed by atoms with Crippen LogP contribution in [0.5, 0.6) is 0 Å². The van der Waals surface area contributed by atoms with Crippen LogP contribution in [0, 0.1) is 5.92 Å². The first-order valence-electron chi connectivity index (χ1n) is 23.5. The van der Waals surface area contributed by atoms with E-state index in [0.717, 1.165) is 6.42 Å². The Balaban J connectivity index is 2.02. The highest BCUT2D eigenvalue weighted by Gasteiger charge is 2.25. The highest BCUT2D eigenvalue weighted by atomic mass is 16.5. The standard InChI is InChI=1S/C44H80N10O14/c1-35(2)36(46-38(56)28-48-12-16-50(30-40(59)60)18-22-54(34-44(64)68-6)26-24-52(20-14-48)32-42(62)66-4)9-7-8-10-45-37(55)27-47-11-15-49(29-39(57)58)17-21-53(33-43(63)67-5)25-23-51(19-13-47)31-41(61)65-3/h35-36H,7-34H2,1-6H3,(H,45,55)(H,46,56)(H,57,58)(H,59,60). The predicted molar refractivity (Wildman–Crippen MR) is 248 cm³/mol. The van der Waals surface area contributed by atoms with Crippen LogP contribution in [-0.2, 0) is 57.3 Å². The number of methoxy groups -OCH3 is 4. The van der Waals surface area contributed by atoms with Gasteiger partial charge in [-0.25, -0.2) is 0 Å². The molecule has 24 heteroatoms. The van der Waals surface area contributed by atoms with E-state index >= 15 is 0 Å². The second kappa shape index (κ2) is 33.9. The molecule has 2 amide bonds. The van der Waals surface area contributed by atoms with Gasteiger partial charge in [0, 0.05) is 117 Å². The van der Waals surface area contributed by atoms with E-state index in [9.17, 15) is 48.6 Å². The summed E-state index contributed by atoms with van der Waals surface area (Å²) in [4.78, 5) is 114. The molecule has 2 heterocycles. The molecule has 390 valence electrons. The normalized spacial score (nSPS) is 18.7. The maximum absolute atomic E-state index is 13.6. The summed E-state index contributed by atoms with van der Waals surface area (Å²) in [6.07, 6.45) is 2.04. The van der Waals surface area contributed by atoms with E-state index in [2.05, 4.69) is 10.6 Å². The molecule has 0 spiro atoms. The van der Waals surface area contributed by atoms with Crippen LogP contribution in [0.3, 0.4) is 0 Å². The van der Waals surface area contributed by atoms with Crippen LogP contribution >= 0.6 is 0 Å². The van der Waals surface area contributed by atoms with E-state index in [4.69, 9.17) is 18.9 Å². The van der Waals surface area contributed by atoms with Gasteiger partial charge in [0.15, 0.2) is 0 Å². The third kappa shape index (κ3) is 26.8. The van der Waals surface area contributed by atoms with E-state index in [1.54, 1.807) is 9.80 Å². The summed E-state index contributed by atoms with van der Waals surface area (Å²) < 4.78 is 19.6. The highest BCUT2D eigenvalue weighted by Crippen LogP contribution is 2.11. The molecular formula is C44H80N10O14. The van der Waals surface area contributed by atoms with E-state index < -0.39 is 35.8 Å². The lowest BCUT2D eigenvalue weighted by molar-refractivity contribution is -0.144. The van der Waals surface area contributed by atoms with E-state index in [-0.39, 0.29) is 76.1 Å². The Morgan fingerprint density at radius 1 is 0.412 bits per heavy atom. The minimum absolute atomic E-state index is 0.0163. The van der Waals surface area contributed by atoms with Crippen molar-refractivity contribution in [2.24, 2.45) is 5.92 Å². The van der Waals surface area contributed by atoms with Gasteiger partial charge in [-0.15, -0.1) is 0 Å². The number of esters is 4. The van der Waals surface area contributed by atoms with Crippen molar-refractivity contribution in [1.29, 1.82) is 0 Å². The lowest BCUT2D eigenvalue weighted by Gasteiger charge is -2.33. The van der Waals surface area contributed by atoms with Gasteiger partial charge < -0.3 is 39.8 Å². The smallest absolute Gasteiger partial charge is 0.319 e. The van der Waals surface area contributed by atoms with E-state index in [1.807, 2.05) is 43.2 Å². The summed E-state index contributed by atoms with van der Waals surface area (Å²) in [7, 11) is 5.24. The average molecular weight is 973 g/mol. The van der Waals surface area contributed by atoms with Gasteiger partial charge in [-0.1, -0.05) is 13.8 Å². The third-order valence-electron chi connectivity index (χ3n) is 12.0. The number of amides is 2. The minimum Gasteiger partial charge on any atom is -0.480 e.